The minimum atomic E-state index is -0.409. The van der Waals surface area contributed by atoms with Gasteiger partial charge in [0.1, 0.15) is 5.58 Å². The third-order valence-electron chi connectivity index (χ3n) is 3.12. The van der Waals surface area contributed by atoms with Crippen molar-refractivity contribution in [2.45, 2.75) is 6.54 Å². The third kappa shape index (κ3) is 2.33. The smallest absolute Gasteiger partial charge is 0.269 e. The van der Waals surface area contributed by atoms with Gasteiger partial charge >= 0.3 is 0 Å². The first-order valence-electron chi connectivity index (χ1n) is 6.17. The first kappa shape index (κ1) is 12.2. The Morgan fingerprint density at radius 2 is 1.85 bits per heavy atom. The summed E-state index contributed by atoms with van der Waals surface area (Å²) >= 11 is 0. The van der Waals surface area contributed by atoms with E-state index < -0.39 is 4.92 Å². The van der Waals surface area contributed by atoms with E-state index in [1.165, 1.54) is 12.1 Å². The van der Waals surface area contributed by atoms with Crippen molar-refractivity contribution >= 4 is 22.3 Å². The lowest BCUT2D eigenvalue weighted by Crippen LogP contribution is -1.98. The van der Waals surface area contributed by atoms with Gasteiger partial charge in [-0.25, -0.2) is 0 Å². The van der Waals surface area contributed by atoms with Gasteiger partial charge in [-0.3, -0.25) is 10.1 Å². The van der Waals surface area contributed by atoms with Crippen LogP contribution in [0.15, 0.2) is 59.2 Å². The van der Waals surface area contributed by atoms with Crippen LogP contribution in [0.3, 0.4) is 0 Å². The second-order valence-electron chi connectivity index (χ2n) is 4.41. The number of nitrogens with one attached hydrogen (secondary N) is 1. The highest BCUT2D eigenvalue weighted by Gasteiger charge is 2.06. The minimum absolute atomic E-state index is 0.0873. The molecular formula is C15H12N2O3. The standard InChI is InChI=1S/C15H12N2O3/c18-17(19)13-7-5-12(6-8-13)16-9-11-10-20-15-4-2-1-3-14(11)15/h1-8,10,16H,9H2. The molecule has 1 aromatic heterocycles. The van der Waals surface area contributed by atoms with Crippen molar-refractivity contribution in [2.75, 3.05) is 5.32 Å². The predicted molar refractivity (Wildman–Crippen MR) is 76.6 cm³/mol. The van der Waals surface area contributed by atoms with E-state index in [0.29, 0.717) is 6.54 Å². The van der Waals surface area contributed by atoms with Crippen LogP contribution in [-0.2, 0) is 6.54 Å². The Bertz CT molecular complexity index is 747. The molecule has 0 fully saturated rings. The van der Waals surface area contributed by atoms with Gasteiger partial charge in [0.25, 0.3) is 5.69 Å². The predicted octanol–water partition coefficient (Wildman–Crippen LogP) is 3.95. The van der Waals surface area contributed by atoms with Crippen molar-refractivity contribution in [3.8, 4) is 0 Å². The van der Waals surface area contributed by atoms with Crippen LogP contribution < -0.4 is 5.32 Å². The van der Waals surface area contributed by atoms with E-state index in [1.54, 1.807) is 18.4 Å². The number of nitrogens with zero attached hydrogens (tertiary/aromatic N) is 1. The van der Waals surface area contributed by atoms with Crippen molar-refractivity contribution in [3.05, 3.63) is 70.5 Å². The molecule has 5 heteroatoms. The molecule has 1 N–H and O–H groups in total. The number of rotatable bonds is 4. The van der Waals surface area contributed by atoms with E-state index in [1.807, 2.05) is 24.3 Å². The lowest BCUT2D eigenvalue weighted by molar-refractivity contribution is -0.384. The number of hydrogen-bond donors (Lipinski definition) is 1. The van der Waals surface area contributed by atoms with Crippen LogP contribution in [0.25, 0.3) is 11.0 Å². The molecule has 2 aromatic carbocycles. The first-order chi connectivity index (χ1) is 9.74. The van der Waals surface area contributed by atoms with E-state index in [4.69, 9.17) is 4.42 Å². The van der Waals surface area contributed by atoms with Gasteiger partial charge in [-0.1, -0.05) is 18.2 Å². The van der Waals surface area contributed by atoms with E-state index in [0.717, 1.165) is 22.2 Å². The zero-order valence-electron chi connectivity index (χ0n) is 10.6. The van der Waals surface area contributed by atoms with Gasteiger partial charge in [0.2, 0.25) is 0 Å². The van der Waals surface area contributed by atoms with Crippen molar-refractivity contribution in [3.63, 3.8) is 0 Å². The van der Waals surface area contributed by atoms with Crippen LogP contribution in [0.4, 0.5) is 11.4 Å². The highest BCUT2D eigenvalue weighted by atomic mass is 16.6. The molecule has 0 aliphatic rings. The summed E-state index contributed by atoms with van der Waals surface area (Å²) in [4.78, 5) is 10.2. The number of para-hydroxylation sites is 1. The maximum Gasteiger partial charge on any atom is 0.269 e. The summed E-state index contributed by atoms with van der Waals surface area (Å²) in [7, 11) is 0. The molecule has 3 rings (SSSR count). The molecule has 0 atom stereocenters. The Labute approximate surface area is 115 Å². The molecular weight excluding hydrogens is 256 g/mol. The summed E-state index contributed by atoms with van der Waals surface area (Å²) in [5.74, 6) is 0. The Hall–Kier alpha value is -2.82. The zero-order valence-corrected chi connectivity index (χ0v) is 10.6. The number of hydrogen-bond acceptors (Lipinski definition) is 4. The lowest BCUT2D eigenvalue weighted by atomic mass is 10.2. The molecule has 0 spiro atoms. The SMILES string of the molecule is O=[N+]([O-])c1ccc(NCc2coc3ccccc23)cc1. The van der Waals surface area contributed by atoms with Gasteiger partial charge in [-0.2, -0.15) is 0 Å². The molecule has 0 bridgehead atoms. The second-order valence-corrected chi connectivity index (χ2v) is 4.41. The normalized spacial score (nSPS) is 10.6. The number of anilines is 1. The molecule has 20 heavy (non-hydrogen) atoms. The molecule has 0 amide bonds. The fourth-order valence-corrected chi connectivity index (χ4v) is 2.07. The Kier molecular flexibility index (Phi) is 3.09. The van der Waals surface area contributed by atoms with Crippen molar-refractivity contribution in [1.29, 1.82) is 0 Å². The summed E-state index contributed by atoms with van der Waals surface area (Å²) in [6.45, 7) is 0.606. The fraction of sp³-hybridized carbons (Fsp3) is 0.0667. The molecule has 0 unspecified atom stereocenters. The van der Waals surface area contributed by atoms with Crippen LogP contribution in [-0.4, -0.2) is 4.92 Å². The van der Waals surface area contributed by atoms with Gasteiger partial charge in [0.05, 0.1) is 11.2 Å². The summed E-state index contributed by atoms with van der Waals surface area (Å²) in [5, 5.41) is 14.9. The Morgan fingerprint density at radius 3 is 2.60 bits per heavy atom. The summed E-state index contributed by atoms with van der Waals surface area (Å²) in [5.41, 5.74) is 2.83. The Morgan fingerprint density at radius 1 is 1.10 bits per heavy atom. The lowest BCUT2D eigenvalue weighted by Gasteiger charge is -2.04. The van der Waals surface area contributed by atoms with E-state index >= 15 is 0 Å². The van der Waals surface area contributed by atoms with Gasteiger partial charge in [0, 0.05) is 35.3 Å². The molecule has 0 radical (unpaired) electrons. The molecule has 0 saturated carbocycles. The molecule has 1 heterocycles. The quantitative estimate of drug-likeness (QED) is 0.574. The number of nitro groups is 1. The number of furan rings is 1. The van der Waals surface area contributed by atoms with Gasteiger partial charge in [-0.15, -0.1) is 0 Å². The van der Waals surface area contributed by atoms with Gasteiger partial charge in [-0.05, 0) is 18.2 Å². The fourth-order valence-electron chi connectivity index (χ4n) is 2.07. The molecule has 5 nitrogen and oxygen atoms in total. The van der Waals surface area contributed by atoms with Crippen LogP contribution in [0, 0.1) is 10.1 Å². The largest absolute Gasteiger partial charge is 0.464 e. The number of fused-ring (bicyclic) bond motifs is 1. The van der Waals surface area contributed by atoms with E-state index in [2.05, 4.69) is 5.32 Å². The number of nitro benzene ring substituents is 1. The molecule has 0 saturated heterocycles. The summed E-state index contributed by atoms with van der Waals surface area (Å²) < 4.78 is 5.46. The van der Waals surface area contributed by atoms with Crippen molar-refractivity contribution in [2.24, 2.45) is 0 Å². The van der Waals surface area contributed by atoms with Crippen LogP contribution in [0.5, 0.6) is 0 Å². The van der Waals surface area contributed by atoms with Crippen molar-refractivity contribution in [1.82, 2.24) is 0 Å². The number of benzene rings is 2. The summed E-state index contributed by atoms with van der Waals surface area (Å²) in [6.07, 6.45) is 1.73. The van der Waals surface area contributed by atoms with E-state index in [-0.39, 0.29) is 5.69 Å². The first-order valence-corrected chi connectivity index (χ1v) is 6.17. The average Bonchev–Trinajstić information content (AvgIpc) is 2.89. The summed E-state index contributed by atoms with van der Waals surface area (Å²) in [6, 6.07) is 14.2. The minimum Gasteiger partial charge on any atom is -0.464 e. The highest BCUT2D eigenvalue weighted by molar-refractivity contribution is 5.81. The van der Waals surface area contributed by atoms with Gasteiger partial charge in [0.15, 0.2) is 0 Å². The molecule has 3 aromatic rings. The number of non-ortho nitro benzene ring substituents is 1. The third-order valence-corrected chi connectivity index (χ3v) is 3.12. The Balaban J connectivity index is 1.74. The van der Waals surface area contributed by atoms with Gasteiger partial charge < -0.3 is 9.73 Å². The van der Waals surface area contributed by atoms with Crippen LogP contribution >= 0.6 is 0 Å². The molecule has 0 aliphatic carbocycles. The van der Waals surface area contributed by atoms with Crippen molar-refractivity contribution < 1.29 is 9.34 Å². The van der Waals surface area contributed by atoms with E-state index in [9.17, 15) is 10.1 Å². The zero-order chi connectivity index (χ0) is 13.9. The average molecular weight is 268 g/mol. The van der Waals surface area contributed by atoms with Crippen LogP contribution in [0.1, 0.15) is 5.56 Å². The van der Waals surface area contributed by atoms with Crippen LogP contribution in [0.2, 0.25) is 0 Å². The highest BCUT2D eigenvalue weighted by Crippen LogP contribution is 2.22. The monoisotopic (exact) mass is 268 g/mol. The topological polar surface area (TPSA) is 68.3 Å². The maximum absolute atomic E-state index is 10.6. The molecule has 0 aliphatic heterocycles. The molecule has 100 valence electrons. The maximum atomic E-state index is 10.6. The second kappa shape index (κ2) is 5.05.